The van der Waals surface area contributed by atoms with Crippen molar-refractivity contribution in [1.29, 1.82) is 0 Å². The number of hydrogen-bond acceptors (Lipinski definition) is 7. The Bertz CT molecular complexity index is 966. The third kappa shape index (κ3) is 3.82. The number of rotatable bonds is 5. The van der Waals surface area contributed by atoms with Crippen molar-refractivity contribution in [3.63, 3.8) is 0 Å². The van der Waals surface area contributed by atoms with Gasteiger partial charge in [0.2, 0.25) is 5.91 Å². The molecule has 0 spiro atoms. The minimum atomic E-state index is -0.669. The molecule has 144 valence electrons. The number of carbonyl (C=O) groups excluding carboxylic acids is 2. The van der Waals surface area contributed by atoms with E-state index in [1.54, 1.807) is 36.1 Å². The molecule has 1 atom stereocenters. The van der Waals surface area contributed by atoms with Crippen molar-refractivity contribution in [1.82, 2.24) is 10.2 Å². The second-order valence-electron chi connectivity index (χ2n) is 6.52. The van der Waals surface area contributed by atoms with E-state index in [4.69, 9.17) is 9.15 Å². The molecule has 1 amide bonds. The van der Waals surface area contributed by atoms with E-state index in [1.165, 1.54) is 11.3 Å². The smallest absolute Gasteiger partial charge is 0.338 e. The predicted octanol–water partition coefficient (Wildman–Crippen LogP) is 4.23. The lowest BCUT2D eigenvalue weighted by molar-refractivity contribution is -0.119. The van der Waals surface area contributed by atoms with Crippen LogP contribution in [0.4, 0.5) is 5.69 Å². The number of esters is 1. The van der Waals surface area contributed by atoms with Crippen LogP contribution in [-0.2, 0) is 9.53 Å². The molecule has 8 heteroatoms. The first-order valence-electron chi connectivity index (χ1n) is 9.10. The number of benzene rings is 1. The molecule has 2 aromatic heterocycles. The number of piperidine rings is 1. The van der Waals surface area contributed by atoms with Crippen molar-refractivity contribution >= 4 is 28.9 Å². The van der Waals surface area contributed by atoms with Gasteiger partial charge in [-0.25, -0.2) is 4.79 Å². The summed E-state index contributed by atoms with van der Waals surface area (Å²) in [7, 11) is 0. The van der Waals surface area contributed by atoms with Crippen LogP contribution in [-0.4, -0.2) is 28.6 Å². The molecule has 1 aliphatic heterocycles. The zero-order chi connectivity index (χ0) is 19.5. The van der Waals surface area contributed by atoms with E-state index < -0.39 is 12.1 Å². The summed E-state index contributed by atoms with van der Waals surface area (Å²) in [5, 5.41) is 9.89. The molecule has 0 unspecified atom stereocenters. The van der Waals surface area contributed by atoms with Crippen LogP contribution in [0.2, 0.25) is 0 Å². The van der Waals surface area contributed by atoms with E-state index in [9.17, 15) is 9.59 Å². The normalized spacial score (nSPS) is 15.5. The Labute approximate surface area is 165 Å². The Morgan fingerprint density at radius 3 is 2.75 bits per heavy atom. The first-order valence-corrected chi connectivity index (χ1v) is 9.98. The number of nitrogens with zero attached hydrogens (tertiary/aromatic N) is 3. The zero-order valence-corrected chi connectivity index (χ0v) is 16.1. The SMILES string of the molecule is C[C@H](OC(=O)c1ccc(N2CCCCC2=O)cc1)c1nnc(-c2cccs2)o1. The van der Waals surface area contributed by atoms with Gasteiger partial charge in [0.1, 0.15) is 0 Å². The number of thiophene rings is 1. The van der Waals surface area contributed by atoms with Gasteiger partial charge in [0.15, 0.2) is 6.10 Å². The average Bonchev–Trinajstić information content (AvgIpc) is 3.40. The summed E-state index contributed by atoms with van der Waals surface area (Å²) in [5.74, 6) is 0.281. The summed E-state index contributed by atoms with van der Waals surface area (Å²) in [6.45, 7) is 2.40. The van der Waals surface area contributed by atoms with Gasteiger partial charge in [0, 0.05) is 18.7 Å². The molecule has 1 saturated heterocycles. The topological polar surface area (TPSA) is 85.5 Å². The van der Waals surface area contributed by atoms with Crippen molar-refractivity contribution in [3.05, 3.63) is 53.2 Å². The Morgan fingerprint density at radius 1 is 1.21 bits per heavy atom. The monoisotopic (exact) mass is 397 g/mol. The van der Waals surface area contributed by atoms with Crippen LogP contribution in [0.15, 0.2) is 46.2 Å². The minimum Gasteiger partial charge on any atom is -0.449 e. The van der Waals surface area contributed by atoms with Crippen molar-refractivity contribution in [2.45, 2.75) is 32.3 Å². The average molecular weight is 397 g/mol. The molecule has 7 nitrogen and oxygen atoms in total. The Balaban J connectivity index is 1.41. The molecule has 1 aliphatic rings. The highest BCUT2D eigenvalue weighted by Crippen LogP contribution is 2.27. The molecule has 0 bridgehead atoms. The summed E-state index contributed by atoms with van der Waals surface area (Å²) in [6, 6.07) is 10.6. The summed E-state index contributed by atoms with van der Waals surface area (Å²) in [4.78, 5) is 27.1. The van der Waals surface area contributed by atoms with Crippen LogP contribution < -0.4 is 4.90 Å². The van der Waals surface area contributed by atoms with Crippen LogP contribution in [0.25, 0.3) is 10.8 Å². The number of amides is 1. The Hall–Kier alpha value is -3.00. The zero-order valence-electron chi connectivity index (χ0n) is 15.3. The molecule has 0 radical (unpaired) electrons. The van der Waals surface area contributed by atoms with E-state index >= 15 is 0 Å². The van der Waals surface area contributed by atoms with Crippen LogP contribution in [0.1, 0.15) is 48.5 Å². The van der Waals surface area contributed by atoms with Gasteiger partial charge in [0.05, 0.1) is 10.4 Å². The third-order valence-electron chi connectivity index (χ3n) is 4.54. The molecule has 4 rings (SSSR count). The van der Waals surface area contributed by atoms with E-state index in [0.29, 0.717) is 24.4 Å². The fourth-order valence-electron chi connectivity index (χ4n) is 3.03. The molecule has 0 N–H and O–H groups in total. The van der Waals surface area contributed by atoms with E-state index in [1.807, 2.05) is 17.5 Å². The van der Waals surface area contributed by atoms with Gasteiger partial charge < -0.3 is 14.1 Å². The lowest BCUT2D eigenvalue weighted by Gasteiger charge is -2.26. The van der Waals surface area contributed by atoms with Crippen LogP contribution in [0.3, 0.4) is 0 Å². The van der Waals surface area contributed by atoms with Gasteiger partial charge in [-0.05, 0) is 55.5 Å². The molecule has 1 aromatic carbocycles. The van der Waals surface area contributed by atoms with E-state index in [0.717, 1.165) is 23.4 Å². The van der Waals surface area contributed by atoms with Gasteiger partial charge in [-0.2, -0.15) is 0 Å². The molecule has 28 heavy (non-hydrogen) atoms. The third-order valence-corrected chi connectivity index (χ3v) is 5.40. The summed E-state index contributed by atoms with van der Waals surface area (Å²) >= 11 is 1.49. The number of aromatic nitrogens is 2. The standard InChI is InChI=1S/C20H19N3O4S/c1-13(18-21-22-19(27-18)16-5-4-12-28-16)26-20(25)14-7-9-15(10-8-14)23-11-3-2-6-17(23)24/h4-5,7-10,12-13H,2-3,6,11H2,1H3/t13-/m0/s1. The lowest BCUT2D eigenvalue weighted by Crippen LogP contribution is -2.35. The molecule has 0 aliphatic carbocycles. The van der Waals surface area contributed by atoms with Crippen molar-refractivity contribution in [3.8, 4) is 10.8 Å². The first kappa shape index (κ1) is 18.4. The fraction of sp³-hybridized carbons (Fsp3) is 0.300. The summed E-state index contributed by atoms with van der Waals surface area (Å²) < 4.78 is 11.1. The number of ether oxygens (including phenoxy) is 1. The van der Waals surface area contributed by atoms with Crippen molar-refractivity contribution in [2.75, 3.05) is 11.4 Å². The first-order chi connectivity index (χ1) is 13.6. The van der Waals surface area contributed by atoms with E-state index in [-0.39, 0.29) is 11.8 Å². The van der Waals surface area contributed by atoms with Gasteiger partial charge in [-0.15, -0.1) is 21.5 Å². The Kier molecular flexibility index (Phi) is 5.21. The number of carbonyl (C=O) groups is 2. The molecular weight excluding hydrogens is 378 g/mol. The highest BCUT2D eigenvalue weighted by molar-refractivity contribution is 7.13. The van der Waals surface area contributed by atoms with Gasteiger partial charge in [0.25, 0.3) is 11.8 Å². The maximum atomic E-state index is 12.4. The minimum absolute atomic E-state index is 0.119. The van der Waals surface area contributed by atoms with Crippen molar-refractivity contribution < 1.29 is 18.7 Å². The van der Waals surface area contributed by atoms with Crippen LogP contribution in [0.5, 0.6) is 0 Å². The van der Waals surface area contributed by atoms with Crippen molar-refractivity contribution in [2.24, 2.45) is 0 Å². The van der Waals surface area contributed by atoms with Crippen LogP contribution in [0, 0.1) is 0 Å². The summed E-state index contributed by atoms with van der Waals surface area (Å²) in [5.41, 5.74) is 1.20. The number of anilines is 1. The summed E-state index contributed by atoms with van der Waals surface area (Å²) in [6.07, 6.45) is 1.82. The maximum Gasteiger partial charge on any atom is 0.338 e. The fourth-order valence-corrected chi connectivity index (χ4v) is 3.68. The van der Waals surface area contributed by atoms with Gasteiger partial charge in [-0.3, -0.25) is 4.79 Å². The molecule has 3 aromatic rings. The quantitative estimate of drug-likeness (QED) is 0.599. The van der Waals surface area contributed by atoms with Crippen LogP contribution >= 0.6 is 11.3 Å². The largest absolute Gasteiger partial charge is 0.449 e. The molecule has 1 fully saturated rings. The lowest BCUT2D eigenvalue weighted by atomic mass is 10.1. The van der Waals surface area contributed by atoms with Gasteiger partial charge in [-0.1, -0.05) is 6.07 Å². The molecular formula is C20H19N3O4S. The second-order valence-corrected chi connectivity index (χ2v) is 7.47. The highest BCUT2D eigenvalue weighted by atomic mass is 32.1. The maximum absolute atomic E-state index is 12.4. The Morgan fingerprint density at radius 2 is 2.04 bits per heavy atom. The predicted molar refractivity (Wildman–Crippen MR) is 104 cm³/mol. The second kappa shape index (κ2) is 7.93. The highest BCUT2D eigenvalue weighted by Gasteiger charge is 2.22. The number of hydrogen-bond donors (Lipinski definition) is 0. The van der Waals surface area contributed by atoms with E-state index in [2.05, 4.69) is 10.2 Å². The molecule has 3 heterocycles. The molecule has 0 saturated carbocycles. The van der Waals surface area contributed by atoms with Gasteiger partial charge >= 0.3 is 5.97 Å².